The predicted octanol–water partition coefficient (Wildman–Crippen LogP) is 9.69. The topological polar surface area (TPSA) is 55.8 Å². The van der Waals surface area contributed by atoms with Gasteiger partial charge in [0.1, 0.15) is 12.2 Å². The van der Waals surface area contributed by atoms with Crippen molar-refractivity contribution in [2.75, 3.05) is 6.61 Å². The van der Waals surface area contributed by atoms with Gasteiger partial charge >= 0.3 is 0 Å². The standard InChI is InChI=1S/C32H52N2O3Si2/c1-21(2)38(22(3)4,23(5)6)35-20-32-31(37-39(24(7)8,25(9)10)26(11)12)18-28(36-32)17-29-27(19-33)15-14-16-30(29)34-13/h14-16,18,21-26,31-32H,17,20H2,1-12H3/t31-,32+/m0/s1. The van der Waals surface area contributed by atoms with Crippen LogP contribution in [-0.2, 0) is 20.0 Å². The second-order valence-electron chi connectivity index (χ2n) is 13.0. The summed E-state index contributed by atoms with van der Waals surface area (Å²) in [7, 11) is -4.31. The molecule has 0 unspecified atom stereocenters. The van der Waals surface area contributed by atoms with E-state index in [0.29, 0.717) is 57.5 Å². The molecule has 1 aliphatic rings. The number of rotatable bonds is 13. The Kier molecular flexibility index (Phi) is 11.6. The Bertz CT molecular complexity index is 1000. The Hall–Kier alpha value is -1.91. The number of nitriles is 1. The number of hydrogen-bond acceptors (Lipinski definition) is 4. The summed E-state index contributed by atoms with van der Waals surface area (Å²) in [5.74, 6) is 0.770. The van der Waals surface area contributed by atoms with Crippen molar-refractivity contribution in [3.05, 3.63) is 52.6 Å². The molecule has 0 bridgehead atoms. The smallest absolute Gasteiger partial charge is 0.201 e. The summed E-state index contributed by atoms with van der Waals surface area (Å²) < 4.78 is 20.9. The first-order chi connectivity index (χ1) is 18.2. The molecule has 0 aromatic heterocycles. The van der Waals surface area contributed by atoms with Crippen LogP contribution >= 0.6 is 0 Å². The maximum Gasteiger partial charge on any atom is 0.201 e. The fourth-order valence-electron chi connectivity index (χ4n) is 7.45. The third-order valence-electron chi connectivity index (χ3n) is 9.01. The highest BCUT2D eigenvalue weighted by Gasteiger charge is 2.50. The van der Waals surface area contributed by atoms with E-state index in [9.17, 15) is 5.26 Å². The second-order valence-corrected chi connectivity index (χ2v) is 23.9. The molecular weight excluding hydrogens is 517 g/mol. The molecule has 7 heteroatoms. The molecule has 1 aromatic carbocycles. The fraction of sp³-hybridized carbons (Fsp3) is 0.688. The van der Waals surface area contributed by atoms with Crippen molar-refractivity contribution in [3.8, 4) is 6.07 Å². The van der Waals surface area contributed by atoms with E-state index < -0.39 is 16.6 Å². The van der Waals surface area contributed by atoms with Crippen molar-refractivity contribution in [2.45, 2.75) is 135 Å². The van der Waals surface area contributed by atoms with E-state index >= 15 is 0 Å². The fourth-order valence-corrected chi connectivity index (χ4v) is 18.4. The molecule has 0 amide bonds. The van der Waals surface area contributed by atoms with E-state index in [2.05, 4.69) is 100 Å². The Morgan fingerprint density at radius 3 is 1.82 bits per heavy atom. The van der Waals surface area contributed by atoms with Gasteiger partial charge in [0.25, 0.3) is 0 Å². The lowest BCUT2D eigenvalue weighted by Gasteiger charge is -2.45. The van der Waals surface area contributed by atoms with Crippen molar-refractivity contribution in [2.24, 2.45) is 0 Å². The van der Waals surface area contributed by atoms with Crippen LogP contribution in [0.4, 0.5) is 5.69 Å². The van der Waals surface area contributed by atoms with Crippen LogP contribution in [0.3, 0.4) is 0 Å². The molecule has 0 spiro atoms. The number of hydrogen-bond donors (Lipinski definition) is 0. The van der Waals surface area contributed by atoms with Gasteiger partial charge < -0.3 is 13.6 Å². The molecule has 39 heavy (non-hydrogen) atoms. The monoisotopic (exact) mass is 568 g/mol. The highest BCUT2D eigenvalue weighted by atomic mass is 28.4. The van der Waals surface area contributed by atoms with Gasteiger partial charge in [-0.05, 0) is 51.0 Å². The lowest BCUT2D eigenvalue weighted by molar-refractivity contribution is 0.0163. The molecule has 0 saturated heterocycles. The van der Waals surface area contributed by atoms with Crippen LogP contribution in [0, 0.1) is 17.9 Å². The summed E-state index contributed by atoms with van der Waals surface area (Å²) >= 11 is 0. The SMILES string of the molecule is [C-]#[N+]c1cccc(C#N)c1CC1=C[C@H](O[Si](C(C)C)(C(C)C)C(C)C)[C@@H](CO[Si](C(C)C)(C(C)C)C(C)C)O1. The van der Waals surface area contributed by atoms with Crippen molar-refractivity contribution < 1.29 is 13.6 Å². The quantitative estimate of drug-likeness (QED) is 0.175. The molecule has 1 aliphatic heterocycles. The molecule has 0 N–H and O–H groups in total. The van der Waals surface area contributed by atoms with Gasteiger partial charge in [-0.25, -0.2) is 4.85 Å². The summed E-state index contributed by atoms with van der Waals surface area (Å²) in [5.41, 5.74) is 4.50. The summed E-state index contributed by atoms with van der Waals surface area (Å²) in [6.07, 6.45) is 2.05. The molecule has 0 aliphatic carbocycles. The number of nitrogens with zero attached hydrogens (tertiary/aromatic N) is 2. The minimum Gasteiger partial charge on any atom is -0.489 e. The Morgan fingerprint density at radius 1 is 0.872 bits per heavy atom. The predicted molar refractivity (Wildman–Crippen MR) is 167 cm³/mol. The Morgan fingerprint density at radius 2 is 1.38 bits per heavy atom. The zero-order valence-corrected chi connectivity index (χ0v) is 28.5. The zero-order valence-electron chi connectivity index (χ0n) is 26.5. The molecule has 2 rings (SSSR count). The van der Waals surface area contributed by atoms with Crippen LogP contribution in [0.15, 0.2) is 30.0 Å². The maximum atomic E-state index is 9.73. The van der Waals surface area contributed by atoms with Gasteiger partial charge in [0.2, 0.25) is 16.6 Å². The average Bonchev–Trinajstić information content (AvgIpc) is 3.22. The first-order valence-electron chi connectivity index (χ1n) is 14.8. The molecular formula is C32H52N2O3Si2. The molecule has 0 fully saturated rings. The molecule has 0 saturated carbocycles. The first-order valence-corrected chi connectivity index (χ1v) is 19.0. The minimum atomic E-state index is -2.20. The van der Waals surface area contributed by atoms with Gasteiger partial charge in [-0.2, -0.15) is 5.26 Å². The highest BCUT2D eigenvalue weighted by molar-refractivity contribution is 6.78. The van der Waals surface area contributed by atoms with Crippen LogP contribution in [0.1, 0.15) is 94.2 Å². The summed E-state index contributed by atoms with van der Waals surface area (Å²) in [4.78, 5) is 3.69. The van der Waals surface area contributed by atoms with Gasteiger partial charge in [-0.3, -0.25) is 0 Å². The number of ether oxygens (including phenoxy) is 1. The van der Waals surface area contributed by atoms with E-state index in [1.165, 1.54) is 0 Å². The van der Waals surface area contributed by atoms with E-state index in [4.69, 9.17) is 20.2 Å². The maximum absolute atomic E-state index is 9.73. The van der Waals surface area contributed by atoms with Crippen LogP contribution in [0.2, 0.25) is 33.2 Å². The van der Waals surface area contributed by atoms with Crippen molar-refractivity contribution in [3.63, 3.8) is 0 Å². The third-order valence-corrected chi connectivity index (χ3v) is 21.2. The van der Waals surface area contributed by atoms with E-state index in [0.717, 1.165) is 11.3 Å². The van der Waals surface area contributed by atoms with Crippen LogP contribution in [-0.4, -0.2) is 35.4 Å². The molecule has 1 aromatic rings. The molecule has 1 heterocycles. The van der Waals surface area contributed by atoms with E-state index in [-0.39, 0.29) is 12.2 Å². The largest absolute Gasteiger partial charge is 0.489 e. The molecule has 216 valence electrons. The lowest BCUT2D eigenvalue weighted by Crippen LogP contribution is -2.53. The Labute approximate surface area is 241 Å². The molecule has 0 radical (unpaired) electrons. The summed E-state index contributed by atoms with van der Waals surface area (Å²) in [6.45, 7) is 35.8. The molecule has 5 nitrogen and oxygen atoms in total. The zero-order chi connectivity index (χ0) is 29.7. The first kappa shape index (κ1) is 33.3. The third kappa shape index (κ3) is 6.71. The van der Waals surface area contributed by atoms with Gasteiger partial charge in [0.15, 0.2) is 5.69 Å². The molecule has 2 atom stereocenters. The van der Waals surface area contributed by atoms with Gasteiger partial charge in [0, 0.05) is 12.0 Å². The number of allylic oxidation sites excluding steroid dienone is 1. The van der Waals surface area contributed by atoms with Crippen LogP contribution in [0.25, 0.3) is 4.85 Å². The van der Waals surface area contributed by atoms with E-state index in [1.54, 1.807) is 18.2 Å². The van der Waals surface area contributed by atoms with E-state index in [1.807, 2.05) is 0 Å². The summed E-state index contributed by atoms with van der Waals surface area (Å²) in [6, 6.07) is 7.58. The van der Waals surface area contributed by atoms with Gasteiger partial charge in [-0.1, -0.05) is 95.2 Å². The average molecular weight is 569 g/mol. The summed E-state index contributed by atoms with van der Waals surface area (Å²) in [5, 5.41) is 9.73. The van der Waals surface area contributed by atoms with Crippen molar-refractivity contribution in [1.29, 1.82) is 5.26 Å². The highest BCUT2D eigenvalue weighted by Crippen LogP contribution is 2.46. The van der Waals surface area contributed by atoms with Gasteiger partial charge in [-0.15, -0.1) is 0 Å². The minimum absolute atomic E-state index is 0.220. The van der Waals surface area contributed by atoms with Crippen LogP contribution in [0.5, 0.6) is 0 Å². The number of benzene rings is 1. The normalized spacial score (nSPS) is 18.3. The second kappa shape index (κ2) is 13.6. The lowest BCUT2D eigenvalue weighted by atomic mass is 10.0. The Balaban J connectivity index is 2.52. The van der Waals surface area contributed by atoms with Crippen LogP contribution < -0.4 is 0 Å². The van der Waals surface area contributed by atoms with Crippen molar-refractivity contribution >= 4 is 22.3 Å². The van der Waals surface area contributed by atoms with Crippen molar-refractivity contribution in [1.82, 2.24) is 0 Å². The van der Waals surface area contributed by atoms with Gasteiger partial charge in [0.05, 0.1) is 25.0 Å².